The average Bonchev–Trinajstić information content (AvgIpc) is 3.92. The summed E-state index contributed by atoms with van der Waals surface area (Å²) in [5.74, 6) is 1.52. The standard InChI is InChI=1S/C34H43BrN10O3S/c1-22-19-28(30(48-3)20-29(22)44-13-9-23(10-14-44)43-17-15-42(2)16-18-43)40-34-38-21-25(35)33(41-34)39-27-8-7-26-31(37-12-11-36-26)32(27)45(24-5-6-24)49(4,46)47/h7-8,11-12,19-21,23-24H,5-6,9-10,13-18H2,1-4H3,(H2,38,39,40,41). The Hall–Kier alpha value is -3.79. The minimum Gasteiger partial charge on any atom is -0.494 e. The second-order valence-electron chi connectivity index (χ2n) is 13.2. The number of piperazine rings is 1. The van der Waals surface area contributed by atoms with Crippen LogP contribution in [0.25, 0.3) is 11.0 Å². The summed E-state index contributed by atoms with van der Waals surface area (Å²) >= 11 is 3.58. The van der Waals surface area contributed by atoms with Crippen LogP contribution in [0.5, 0.6) is 5.75 Å². The quantitative estimate of drug-likeness (QED) is 0.223. The number of nitrogens with zero attached hydrogens (tertiary/aromatic N) is 8. The van der Waals surface area contributed by atoms with Gasteiger partial charge in [0.1, 0.15) is 22.8 Å². The first kappa shape index (κ1) is 33.7. The molecule has 2 saturated heterocycles. The largest absolute Gasteiger partial charge is 0.494 e. The van der Waals surface area contributed by atoms with E-state index in [2.05, 4.69) is 82.3 Å². The molecule has 7 rings (SSSR count). The van der Waals surface area contributed by atoms with Gasteiger partial charge in [-0.15, -0.1) is 0 Å². The number of likely N-dealkylation sites (N-methyl/N-ethyl adjacent to an activating group) is 1. The molecule has 3 aliphatic rings. The molecule has 260 valence electrons. The highest BCUT2D eigenvalue weighted by Crippen LogP contribution is 2.43. The Labute approximate surface area is 296 Å². The molecule has 2 aliphatic heterocycles. The molecule has 0 bridgehead atoms. The van der Waals surface area contributed by atoms with E-state index in [0.29, 0.717) is 50.4 Å². The molecule has 0 spiro atoms. The number of nitrogens with one attached hydrogen (secondary N) is 2. The molecule has 49 heavy (non-hydrogen) atoms. The Morgan fingerprint density at radius 2 is 1.67 bits per heavy atom. The third kappa shape index (κ3) is 7.25. The van der Waals surface area contributed by atoms with Crippen molar-refractivity contribution < 1.29 is 13.2 Å². The number of ether oxygens (including phenoxy) is 1. The van der Waals surface area contributed by atoms with E-state index in [-0.39, 0.29) is 6.04 Å². The summed E-state index contributed by atoms with van der Waals surface area (Å²) in [5, 5.41) is 6.72. The van der Waals surface area contributed by atoms with Crippen molar-refractivity contribution in [1.82, 2.24) is 29.7 Å². The summed E-state index contributed by atoms with van der Waals surface area (Å²) in [7, 11) is 0.272. The minimum absolute atomic E-state index is 0.129. The molecule has 0 radical (unpaired) electrons. The second-order valence-corrected chi connectivity index (χ2v) is 15.9. The van der Waals surface area contributed by atoms with Crippen LogP contribution in [0, 0.1) is 6.92 Å². The number of aryl methyl sites for hydroxylation is 1. The highest BCUT2D eigenvalue weighted by atomic mass is 79.9. The third-order valence-electron chi connectivity index (χ3n) is 9.69. The Morgan fingerprint density at radius 1 is 0.939 bits per heavy atom. The zero-order valence-corrected chi connectivity index (χ0v) is 30.8. The van der Waals surface area contributed by atoms with E-state index >= 15 is 0 Å². The molecule has 0 amide bonds. The SMILES string of the molecule is COc1cc(N2CCC(N3CCN(C)CC3)CC2)c(C)cc1Nc1ncc(Br)c(Nc2ccc3nccnc3c2N(C2CC2)S(C)(=O)=O)n1. The number of piperidine rings is 1. The number of hydrogen-bond donors (Lipinski definition) is 2. The van der Waals surface area contributed by atoms with Crippen molar-refractivity contribution >= 4 is 71.5 Å². The van der Waals surface area contributed by atoms with Gasteiger partial charge in [0, 0.05) is 81.7 Å². The molecule has 4 aromatic rings. The number of fused-ring (bicyclic) bond motifs is 1. The predicted molar refractivity (Wildman–Crippen MR) is 198 cm³/mol. The highest BCUT2D eigenvalue weighted by molar-refractivity contribution is 9.10. The third-order valence-corrected chi connectivity index (χ3v) is 11.5. The van der Waals surface area contributed by atoms with Crippen LogP contribution in [-0.4, -0.2) is 110 Å². The number of methoxy groups -OCH3 is 1. The van der Waals surface area contributed by atoms with Gasteiger partial charge in [-0.05, 0) is 79.3 Å². The van der Waals surface area contributed by atoms with Crippen molar-refractivity contribution in [3.8, 4) is 5.75 Å². The van der Waals surface area contributed by atoms with E-state index in [1.165, 1.54) is 16.2 Å². The van der Waals surface area contributed by atoms with Gasteiger partial charge in [0.2, 0.25) is 16.0 Å². The van der Waals surface area contributed by atoms with E-state index in [4.69, 9.17) is 9.72 Å². The van der Waals surface area contributed by atoms with Gasteiger partial charge >= 0.3 is 0 Å². The Bertz CT molecular complexity index is 1940. The Balaban J connectivity index is 1.12. The zero-order chi connectivity index (χ0) is 34.3. The van der Waals surface area contributed by atoms with Crippen molar-refractivity contribution in [1.29, 1.82) is 0 Å². The van der Waals surface area contributed by atoms with E-state index in [1.54, 1.807) is 25.7 Å². The van der Waals surface area contributed by atoms with Gasteiger partial charge in [0.15, 0.2) is 0 Å². The highest BCUT2D eigenvalue weighted by Gasteiger charge is 2.38. The monoisotopic (exact) mass is 750 g/mol. The summed E-state index contributed by atoms with van der Waals surface area (Å²) in [6.45, 7) is 8.75. The normalized spacial score (nSPS) is 18.1. The summed E-state index contributed by atoms with van der Waals surface area (Å²) < 4.78 is 34.1. The molecule has 3 fully saturated rings. The topological polar surface area (TPSA) is 132 Å². The van der Waals surface area contributed by atoms with E-state index < -0.39 is 10.0 Å². The minimum atomic E-state index is -3.61. The summed E-state index contributed by atoms with van der Waals surface area (Å²) in [5.41, 5.74) is 5.17. The van der Waals surface area contributed by atoms with Crippen molar-refractivity contribution in [3.63, 3.8) is 0 Å². The fraction of sp³-hybridized carbons (Fsp3) is 0.471. The van der Waals surface area contributed by atoms with Gasteiger partial charge in [-0.3, -0.25) is 19.2 Å². The first-order chi connectivity index (χ1) is 23.6. The van der Waals surface area contributed by atoms with Crippen LogP contribution in [0.1, 0.15) is 31.2 Å². The van der Waals surface area contributed by atoms with Crippen LogP contribution in [-0.2, 0) is 10.0 Å². The number of aromatic nitrogens is 4. The van der Waals surface area contributed by atoms with Gasteiger partial charge in [-0.25, -0.2) is 13.4 Å². The van der Waals surface area contributed by atoms with E-state index in [0.717, 1.165) is 76.2 Å². The molecular weight excluding hydrogens is 708 g/mol. The van der Waals surface area contributed by atoms with Crippen LogP contribution >= 0.6 is 15.9 Å². The smallest absolute Gasteiger partial charge is 0.232 e. The van der Waals surface area contributed by atoms with Gasteiger partial charge < -0.3 is 25.2 Å². The lowest BCUT2D eigenvalue weighted by atomic mass is 10.0. The van der Waals surface area contributed by atoms with Gasteiger partial charge in [0.05, 0.1) is 34.7 Å². The van der Waals surface area contributed by atoms with Gasteiger partial charge in [0.25, 0.3) is 0 Å². The van der Waals surface area contributed by atoms with Crippen LogP contribution < -0.4 is 24.6 Å². The molecule has 2 aromatic carbocycles. The number of sulfonamides is 1. The second kappa shape index (κ2) is 13.8. The maximum atomic E-state index is 13.1. The number of hydrogen-bond acceptors (Lipinski definition) is 12. The lowest BCUT2D eigenvalue weighted by Gasteiger charge is -2.43. The van der Waals surface area contributed by atoms with Crippen molar-refractivity contribution in [2.24, 2.45) is 0 Å². The number of halogens is 1. The van der Waals surface area contributed by atoms with Gasteiger partial charge in [-0.2, -0.15) is 4.98 Å². The first-order valence-electron chi connectivity index (χ1n) is 16.7. The lowest BCUT2D eigenvalue weighted by molar-refractivity contribution is 0.0982. The Morgan fingerprint density at radius 3 is 2.37 bits per heavy atom. The fourth-order valence-electron chi connectivity index (χ4n) is 6.98. The maximum Gasteiger partial charge on any atom is 0.232 e. The zero-order valence-electron chi connectivity index (χ0n) is 28.4. The molecular formula is C34H43BrN10O3S. The summed E-state index contributed by atoms with van der Waals surface area (Å²) in [6.07, 6.45) is 9.93. The van der Waals surface area contributed by atoms with E-state index in [9.17, 15) is 8.42 Å². The molecule has 0 unspecified atom stereocenters. The van der Waals surface area contributed by atoms with Crippen molar-refractivity contribution in [2.45, 2.75) is 44.7 Å². The van der Waals surface area contributed by atoms with Crippen LogP contribution in [0.15, 0.2) is 47.3 Å². The molecule has 0 atom stereocenters. The van der Waals surface area contributed by atoms with E-state index in [1.807, 2.05) is 12.1 Å². The molecule has 13 nitrogen and oxygen atoms in total. The lowest BCUT2D eigenvalue weighted by Crippen LogP contribution is -2.52. The molecule has 1 aliphatic carbocycles. The number of anilines is 6. The van der Waals surface area contributed by atoms with Gasteiger partial charge in [-0.1, -0.05) is 0 Å². The Kier molecular flexibility index (Phi) is 9.52. The molecule has 2 N–H and O–H groups in total. The van der Waals surface area contributed by atoms with Crippen LogP contribution in [0.2, 0.25) is 0 Å². The summed E-state index contributed by atoms with van der Waals surface area (Å²) in [6, 6.07) is 8.33. The molecule has 1 saturated carbocycles. The first-order valence-corrected chi connectivity index (χ1v) is 19.4. The maximum absolute atomic E-state index is 13.1. The van der Waals surface area contributed by atoms with Crippen LogP contribution in [0.4, 0.5) is 34.5 Å². The van der Waals surface area contributed by atoms with Crippen LogP contribution in [0.3, 0.4) is 0 Å². The number of benzene rings is 2. The fourth-order valence-corrected chi connectivity index (χ4v) is 8.54. The van der Waals surface area contributed by atoms with Crippen molar-refractivity contribution in [2.75, 3.05) is 79.5 Å². The molecule has 15 heteroatoms. The average molecular weight is 752 g/mol. The summed E-state index contributed by atoms with van der Waals surface area (Å²) in [4.78, 5) is 25.8. The predicted octanol–water partition coefficient (Wildman–Crippen LogP) is 5.13. The molecule has 4 heterocycles. The van der Waals surface area contributed by atoms with Crippen molar-refractivity contribution in [3.05, 3.63) is 52.9 Å². The number of rotatable bonds is 10. The molecule has 2 aromatic heterocycles.